The van der Waals surface area contributed by atoms with Crippen LogP contribution in [-0.4, -0.2) is 23.8 Å². The van der Waals surface area contributed by atoms with Crippen molar-refractivity contribution in [1.29, 1.82) is 0 Å². The quantitative estimate of drug-likeness (QED) is 0.692. The fraction of sp³-hybridized carbons (Fsp3) is 0.211. The molecule has 3 rings (SSSR count). The van der Waals surface area contributed by atoms with Gasteiger partial charge in [0.2, 0.25) is 0 Å². The molecule has 3 aromatic rings. The van der Waals surface area contributed by atoms with E-state index >= 15 is 0 Å². The highest BCUT2D eigenvalue weighted by Gasteiger charge is 2.05. The van der Waals surface area contributed by atoms with Crippen LogP contribution in [0.2, 0.25) is 0 Å². The number of nitrogens with zero attached hydrogens (tertiary/aromatic N) is 2. The Hall–Kier alpha value is -2.95. The fourth-order valence-corrected chi connectivity index (χ4v) is 2.47. The van der Waals surface area contributed by atoms with Crippen molar-refractivity contribution in [3.8, 4) is 22.9 Å². The van der Waals surface area contributed by atoms with E-state index in [2.05, 4.69) is 4.98 Å². The second-order valence-corrected chi connectivity index (χ2v) is 5.41. The first-order valence-corrected chi connectivity index (χ1v) is 7.64. The van der Waals surface area contributed by atoms with E-state index in [1.165, 1.54) is 0 Å². The number of aromatic nitrogens is 2. The van der Waals surface area contributed by atoms with Gasteiger partial charge in [0.25, 0.3) is 0 Å². The van der Waals surface area contributed by atoms with Crippen LogP contribution in [0.15, 0.2) is 55.0 Å². The summed E-state index contributed by atoms with van der Waals surface area (Å²) in [5.74, 6) is 2.29. The molecule has 24 heavy (non-hydrogen) atoms. The molecule has 5 heteroatoms. The number of rotatable bonds is 6. The highest BCUT2D eigenvalue weighted by atomic mass is 16.5. The average molecular weight is 324 g/mol. The molecule has 0 fully saturated rings. The molecule has 0 N–H and O–H groups in total. The van der Waals surface area contributed by atoms with E-state index in [-0.39, 0.29) is 0 Å². The number of imidazole rings is 1. The minimum atomic E-state index is 0.430. The summed E-state index contributed by atoms with van der Waals surface area (Å²) in [5, 5.41) is 0. The minimum Gasteiger partial charge on any atom is -0.497 e. The maximum Gasteiger partial charge on any atom is 0.122 e. The fourth-order valence-electron chi connectivity index (χ4n) is 2.47. The molecule has 124 valence electrons. The van der Waals surface area contributed by atoms with Gasteiger partial charge in [0.1, 0.15) is 23.9 Å². The third-order valence-corrected chi connectivity index (χ3v) is 3.74. The zero-order valence-corrected chi connectivity index (χ0v) is 14.0. The lowest BCUT2D eigenvalue weighted by atomic mass is 10.2. The van der Waals surface area contributed by atoms with E-state index < -0.39 is 0 Å². The van der Waals surface area contributed by atoms with Crippen LogP contribution in [0.4, 0.5) is 0 Å². The molecular formula is C19H20N2O3. The Bertz CT molecular complexity index is 805. The standard InChI is InChI=1S/C19H20N2O3/c1-14-11-20-13-21(14)16-5-4-6-17(9-16)24-12-15-7-18(22-2)10-19(8-15)23-3/h4-11,13H,12H2,1-3H3. The predicted octanol–water partition coefficient (Wildman–Crippen LogP) is 3.78. The summed E-state index contributed by atoms with van der Waals surface area (Å²) in [6, 6.07) is 13.6. The lowest BCUT2D eigenvalue weighted by molar-refractivity contribution is 0.303. The van der Waals surface area contributed by atoms with Crippen LogP contribution in [0.25, 0.3) is 5.69 Å². The zero-order chi connectivity index (χ0) is 16.9. The van der Waals surface area contributed by atoms with Crippen LogP contribution in [0.5, 0.6) is 17.2 Å². The Kier molecular flexibility index (Phi) is 4.70. The highest BCUT2D eigenvalue weighted by Crippen LogP contribution is 2.24. The lowest BCUT2D eigenvalue weighted by Crippen LogP contribution is -1.99. The van der Waals surface area contributed by atoms with Crippen LogP contribution in [0, 0.1) is 6.92 Å². The predicted molar refractivity (Wildman–Crippen MR) is 92.2 cm³/mol. The molecule has 5 nitrogen and oxygen atoms in total. The van der Waals surface area contributed by atoms with Gasteiger partial charge in [-0.3, -0.25) is 0 Å². The lowest BCUT2D eigenvalue weighted by Gasteiger charge is -2.11. The Morgan fingerprint density at radius 1 is 0.958 bits per heavy atom. The third kappa shape index (κ3) is 3.51. The first-order chi connectivity index (χ1) is 11.7. The zero-order valence-electron chi connectivity index (χ0n) is 14.0. The van der Waals surface area contributed by atoms with Crippen molar-refractivity contribution in [2.45, 2.75) is 13.5 Å². The van der Waals surface area contributed by atoms with Crippen molar-refractivity contribution in [2.24, 2.45) is 0 Å². The van der Waals surface area contributed by atoms with Crippen molar-refractivity contribution >= 4 is 0 Å². The Morgan fingerprint density at radius 3 is 2.33 bits per heavy atom. The molecule has 0 aliphatic carbocycles. The number of aryl methyl sites for hydroxylation is 1. The van der Waals surface area contributed by atoms with Crippen LogP contribution < -0.4 is 14.2 Å². The molecule has 0 aliphatic heterocycles. The highest BCUT2D eigenvalue weighted by molar-refractivity contribution is 5.41. The summed E-state index contributed by atoms with van der Waals surface area (Å²) in [7, 11) is 3.27. The van der Waals surface area contributed by atoms with E-state index in [0.717, 1.165) is 34.2 Å². The van der Waals surface area contributed by atoms with Crippen molar-refractivity contribution in [1.82, 2.24) is 9.55 Å². The van der Waals surface area contributed by atoms with E-state index in [1.54, 1.807) is 20.5 Å². The maximum absolute atomic E-state index is 5.92. The summed E-state index contributed by atoms with van der Waals surface area (Å²) in [5.41, 5.74) is 3.07. The normalized spacial score (nSPS) is 10.5. The van der Waals surface area contributed by atoms with Gasteiger partial charge >= 0.3 is 0 Å². The second kappa shape index (κ2) is 7.08. The molecule has 0 amide bonds. The number of benzene rings is 2. The molecule has 0 aliphatic rings. The average Bonchev–Trinajstić information content (AvgIpc) is 3.06. The van der Waals surface area contributed by atoms with Gasteiger partial charge in [-0.1, -0.05) is 6.07 Å². The number of ether oxygens (including phenoxy) is 3. The van der Waals surface area contributed by atoms with Crippen molar-refractivity contribution in [3.63, 3.8) is 0 Å². The smallest absolute Gasteiger partial charge is 0.122 e. The molecule has 2 aromatic carbocycles. The van der Waals surface area contributed by atoms with Gasteiger partial charge in [-0.2, -0.15) is 0 Å². The SMILES string of the molecule is COc1cc(COc2cccc(-n3cncc3C)c2)cc(OC)c1. The molecule has 0 radical (unpaired) electrons. The molecule has 1 aromatic heterocycles. The van der Waals surface area contributed by atoms with Gasteiger partial charge in [-0.05, 0) is 36.8 Å². The van der Waals surface area contributed by atoms with Crippen molar-refractivity contribution in [3.05, 3.63) is 66.2 Å². The molecular weight excluding hydrogens is 304 g/mol. The Morgan fingerprint density at radius 2 is 1.71 bits per heavy atom. The summed E-state index contributed by atoms with van der Waals surface area (Å²) in [4.78, 5) is 4.15. The van der Waals surface area contributed by atoms with Gasteiger partial charge in [-0.15, -0.1) is 0 Å². The van der Waals surface area contributed by atoms with E-state index in [4.69, 9.17) is 14.2 Å². The molecule has 0 saturated carbocycles. The van der Waals surface area contributed by atoms with Gasteiger partial charge in [0, 0.05) is 24.0 Å². The Balaban J connectivity index is 1.77. The molecule has 0 saturated heterocycles. The number of hydrogen-bond donors (Lipinski definition) is 0. The van der Waals surface area contributed by atoms with Crippen molar-refractivity contribution in [2.75, 3.05) is 14.2 Å². The molecule has 0 atom stereocenters. The van der Waals surface area contributed by atoms with Crippen LogP contribution in [-0.2, 0) is 6.61 Å². The maximum atomic E-state index is 5.92. The summed E-state index contributed by atoms with van der Waals surface area (Å²) in [6.45, 7) is 2.45. The first-order valence-electron chi connectivity index (χ1n) is 7.64. The van der Waals surface area contributed by atoms with Gasteiger partial charge in [0.15, 0.2) is 0 Å². The van der Waals surface area contributed by atoms with Crippen molar-refractivity contribution < 1.29 is 14.2 Å². The van der Waals surface area contributed by atoms with Crippen LogP contribution >= 0.6 is 0 Å². The monoisotopic (exact) mass is 324 g/mol. The molecule has 0 spiro atoms. The topological polar surface area (TPSA) is 45.5 Å². The summed E-state index contributed by atoms with van der Waals surface area (Å²) >= 11 is 0. The van der Waals surface area contributed by atoms with Crippen LogP contribution in [0.3, 0.4) is 0 Å². The molecule has 1 heterocycles. The summed E-state index contributed by atoms with van der Waals surface area (Å²) in [6.07, 6.45) is 3.62. The van der Waals surface area contributed by atoms with Gasteiger partial charge in [-0.25, -0.2) is 4.98 Å². The van der Waals surface area contributed by atoms with Gasteiger partial charge < -0.3 is 18.8 Å². The van der Waals surface area contributed by atoms with E-state index in [1.807, 2.05) is 60.2 Å². The van der Waals surface area contributed by atoms with E-state index in [9.17, 15) is 0 Å². The van der Waals surface area contributed by atoms with E-state index in [0.29, 0.717) is 6.61 Å². The first kappa shape index (κ1) is 15.9. The largest absolute Gasteiger partial charge is 0.497 e. The Labute approximate surface area is 141 Å². The summed E-state index contributed by atoms with van der Waals surface area (Å²) < 4.78 is 18.5. The molecule has 0 unspecified atom stereocenters. The minimum absolute atomic E-state index is 0.430. The number of methoxy groups -OCH3 is 2. The second-order valence-electron chi connectivity index (χ2n) is 5.41. The van der Waals surface area contributed by atoms with Crippen LogP contribution in [0.1, 0.15) is 11.3 Å². The molecule has 0 bridgehead atoms. The third-order valence-electron chi connectivity index (χ3n) is 3.74. The van der Waals surface area contributed by atoms with Gasteiger partial charge in [0.05, 0.1) is 26.2 Å². The number of hydrogen-bond acceptors (Lipinski definition) is 4.